The van der Waals surface area contributed by atoms with Crippen molar-refractivity contribution in [2.24, 2.45) is 5.73 Å². The molecule has 0 aliphatic heterocycles. The van der Waals surface area contributed by atoms with Gasteiger partial charge in [-0.3, -0.25) is 0 Å². The molecule has 1 aromatic heterocycles. The minimum Gasteiger partial charge on any atom is -0.478 e. The Kier molecular flexibility index (Phi) is 3.43. The molecule has 0 saturated carbocycles. The Hall–Kier alpha value is -1.13. The van der Waals surface area contributed by atoms with Gasteiger partial charge in [0.1, 0.15) is 5.15 Å². The fourth-order valence-electron chi connectivity index (χ4n) is 1.02. The van der Waals surface area contributed by atoms with Gasteiger partial charge < -0.3 is 10.8 Å². The zero-order chi connectivity index (χ0) is 10.7. The van der Waals surface area contributed by atoms with Crippen molar-refractivity contribution in [3.63, 3.8) is 0 Å². The van der Waals surface area contributed by atoms with E-state index in [4.69, 9.17) is 22.4 Å². The number of hydrogen-bond acceptors (Lipinski definition) is 3. The average Bonchev–Trinajstić information content (AvgIpc) is 2.15. The third-order valence-electron chi connectivity index (χ3n) is 1.92. The topological polar surface area (TPSA) is 76.2 Å². The summed E-state index contributed by atoms with van der Waals surface area (Å²) >= 11 is 5.68. The lowest BCUT2D eigenvalue weighted by atomic mass is 10.1. The summed E-state index contributed by atoms with van der Waals surface area (Å²) in [5, 5.41) is 8.68. The van der Waals surface area contributed by atoms with Gasteiger partial charge in [-0.1, -0.05) is 18.5 Å². The van der Waals surface area contributed by atoms with Crippen molar-refractivity contribution in [3.05, 3.63) is 28.5 Å². The standard InChI is InChI=1S/C9H11ClN2O2/c1-2-6(11)7-4-3-5(9(13)14)8(10)12-7/h3-4,6H,2,11H2,1H3,(H,13,14). The van der Waals surface area contributed by atoms with Crippen LogP contribution in [0.15, 0.2) is 12.1 Å². The average molecular weight is 215 g/mol. The van der Waals surface area contributed by atoms with Crippen LogP contribution in [-0.2, 0) is 0 Å². The number of halogens is 1. The first-order valence-corrected chi connectivity index (χ1v) is 4.59. The molecule has 3 N–H and O–H groups in total. The van der Waals surface area contributed by atoms with E-state index in [0.29, 0.717) is 5.69 Å². The van der Waals surface area contributed by atoms with E-state index < -0.39 is 5.97 Å². The van der Waals surface area contributed by atoms with Crippen molar-refractivity contribution >= 4 is 17.6 Å². The molecule has 0 amide bonds. The molecule has 0 radical (unpaired) electrons. The molecule has 1 unspecified atom stereocenters. The van der Waals surface area contributed by atoms with E-state index in [9.17, 15) is 4.79 Å². The minimum absolute atomic E-state index is 0.00119. The quantitative estimate of drug-likeness (QED) is 0.753. The largest absolute Gasteiger partial charge is 0.478 e. The molecule has 76 valence electrons. The number of aromatic nitrogens is 1. The number of nitrogens with two attached hydrogens (primary N) is 1. The van der Waals surface area contributed by atoms with Crippen molar-refractivity contribution in [2.45, 2.75) is 19.4 Å². The van der Waals surface area contributed by atoms with Gasteiger partial charge in [0.05, 0.1) is 11.3 Å². The molecule has 1 rings (SSSR count). The van der Waals surface area contributed by atoms with Gasteiger partial charge in [-0.05, 0) is 18.6 Å². The first kappa shape index (κ1) is 10.9. The molecule has 0 aromatic carbocycles. The number of carboxylic acids is 1. The number of aromatic carboxylic acids is 1. The van der Waals surface area contributed by atoms with E-state index in [1.165, 1.54) is 6.07 Å². The second-order valence-electron chi connectivity index (χ2n) is 2.89. The van der Waals surface area contributed by atoms with Crippen LogP contribution >= 0.6 is 11.6 Å². The van der Waals surface area contributed by atoms with Gasteiger partial charge in [0, 0.05) is 6.04 Å². The lowest BCUT2D eigenvalue weighted by Crippen LogP contribution is -2.11. The van der Waals surface area contributed by atoms with Crippen molar-refractivity contribution in [1.82, 2.24) is 4.98 Å². The van der Waals surface area contributed by atoms with Crippen LogP contribution in [0.2, 0.25) is 5.15 Å². The van der Waals surface area contributed by atoms with Gasteiger partial charge in [0.2, 0.25) is 0 Å². The lowest BCUT2D eigenvalue weighted by molar-refractivity contribution is 0.0696. The Balaban J connectivity index is 3.06. The Morgan fingerprint density at radius 1 is 1.71 bits per heavy atom. The molecule has 0 saturated heterocycles. The summed E-state index contributed by atoms with van der Waals surface area (Å²) in [6.45, 7) is 1.92. The lowest BCUT2D eigenvalue weighted by Gasteiger charge is -2.08. The number of rotatable bonds is 3. The van der Waals surface area contributed by atoms with Crippen molar-refractivity contribution in [3.8, 4) is 0 Å². The fraction of sp³-hybridized carbons (Fsp3) is 0.333. The van der Waals surface area contributed by atoms with E-state index in [1.807, 2.05) is 6.92 Å². The molecule has 0 aliphatic rings. The molecule has 0 aliphatic carbocycles. The molecule has 1 atom stereocenters. The molecular formula is C9H11ClN2O2. The van der Waals surface area contributed by atoms with Crippen LogP contribution in [-0.4, -0.2) is 16.1 Å². The predicted octanol–water partition coefficient (Wildman–Crippen LogP) is 1.84. The maximum absolute atomic E-state index is 10.6. The molecule has 0 bridgehead atoms. The molecular weight excluding hydrogens is 204 g/mol. The van der Waals surface area contributed by atoms with Crippen LogP contribution in [0, 0.1) is 0 Å². The molecule has 1 aromatic rings. The summed E-state index contributed by atoms with van der Waals surface area (Å²) in [5.74, 6) is -1.08. The normalized spacial score (nSPS) is 12.5. The van der Waals surface area contributed by atoms with E-state index in [2.05, 4.69) is 4.98 Å². The first-order chi connectivity index (χ1) is 6.56. The van der Waals surface area contributed by atoms with Crippen molar-refractivity contribution in [1.29, 1.82) is 0 Å². The summed E-state index contributed by atoms with van der Waals surface area (Å²) in [4.78, 5) is 14.5. The summed E-state index contributed by atoms with van der Waals surface area (Å²) < 4.78 is 0. The summed E-state index contributed by atoms with van der Waals surface area (Å²) in [7, 11) is 0. The zero-order valence-electron chi connectivity index (χ0n) is 7.70. The van der Waals surface area contributed by atoms with Crippen molar-refractivity contribution < 1.29 is 9.90 Å². The Morgan fingerprint density at radius 3 is 2.79 bits per heavy atom. The number of hydrogen-bond donors (Lipinski definition) is 2. The van der Waals surface area contributed by atoms with E-state index in [0.717, 1.165) is 6.42 Å². The van der Waals surface area contributed by atoms with Gasteiger partial charge in [0.15, 0.2) is 0 Å². The molecule has 14 heavy (non-hydrogen) atoms. The molecule has 1 heterocycles. The second kappa shape index (κ2) is 4.39. The minimum atomic E-state index is -1.08. The van der Waals surface area contributed by atoms with Crippen LogP contribution in [0.5, 0.6) is 0 Å². The summed E-state index contributed by atoms with van der Waals surface area (Å²) in [6, 6.07) is 2.81. The Labute approximate surface area is 86.7 Å². The number of carbonyl (C=O) groups is 1. The van der Waals surface area contributed by atoms with E-state index >= 15 is 0 Å². The number of nitrogens with zero attached hydrogens (tertiary/aromatic N) is 1. The highest BCUT2D eigenvalue weighted by molar-refractivity contribution is 6.32. The van der Waals surface area contributed by atoms with Gasteiger partial charge in [-0.25, -0.2) is 9.78 Å². The van der Waals surface area contributed by atoms with Crippen LogP contribution < -0.4 is 5.73 Å². The Morgan fingerprint density at radius 2 is 2.36 bits per heavy atom. The smallest absolute Gasteiger partial charge is 0.338 e. The van der Waals surface area contributed by atoms with Crippen molar-refractivity contribution in [2.75, 3.05) is 0 Å². The van der Waals surface area contributed by atoms with Crippen LogP contribution in [0.4, 0.5) is 0 Å². The SMILES string of the molecule is CCC(N)c1ccc(C(=O)O)c(Cl)n1. The van der Waals surface area contributed by atoms with Gasteiger partial charge >= 0.3 is 5.97 Å². The fourth-order valence-corrected chi connectivity index (χ4v) is 1.26. The molecule has 0 fully saturated rings. The third-order valence-corrected chi connectivity index (χ3v) is 2.21. The second-order valence-corrected chi connectivity index (χ2v) is 3.25. The van der Waals surface area contributed by atoms with Gasteiger partial charge in [0.25, 0.3) is 0 Å². The predicted molar refractivity (Wildman–Crippen MR) is 53.4 cm³/mol. The third kappa shape index (κ3) is 2.21. The highest BCUT2D eigenvalue weighted by Crippen LogP contribution is 2.18. The highest BCUT2D eigenvalue weighted by atomic mass is 35.5. The number of pyridine rings is 1. The molecule has 4 nitrogen and oxygen atoms in total. The van der Waals surface area contributed by atoms with Gasteiger partial charge in [-0.15, -0.1) is 0 Å². The van der Waals surface area contributed by atoms with Gasteiger partial charge in [-0.2, -0.15) is 0 Å². The maximum Gasteiger partial charge on any atom is 0.338 e. The Bertz CT molecular complexity index is 355. The van der Waals surface area contributed by atoms with Crippen LogP contribution in [0.3, 0.4) is 0 Å². The first-order valence-electron chi connectivity index (χ1n) is 4.21. The van der Waals surface area contributed by atoms with Crippen LogP contribution in [0.1, 0.15) is 35.4 Å². The van der Waals surface area contributed by atoms with Crippen LogP contribution in [0.25, 0.3) is 0 Å². The molecule has 5 heteroatoms. The monoisotopic (exact) mass is 214 g/mol. The van der Waals surface area contributed by atoms with E-state index in [1.54, 1.807) is 6.07 Å². The highest BCUT2D eigenvalue weighted by Gasteiger charge is 2.12. The maximum atomic E-state index is 10.6. The summed E-state index contributed by atoms with van der Waals surface area (Å²) in [6.07, 6.45) is 0.732. The summed E-state index contributed by atoms with van der Waals surface area (Å²) in [5.41, 5.74) is 6.33. The van der Waals surface area contributed by atoms with E-state index in [-0.39, 0.29) is 16.8 Å². The molecule has 0 spiro atoms. The number of carboxylic acid groups (broad SMARTS) is 1. The zero-order valence-corrected chi connectivity index (χ0v) is 8.45.